The molecule has 0 fully saturated rings. The number of aromatic hydroxyl groups is 1. The smallest absolute Gasteiger partial charge is 0.270 e. The molecule has 0 saturated heterocycles. The molecule has 2 aromatic rings. The molecule has 0 radical (unpaired) electrons. The summed E-state index contributed by atoms with van der Waals surface area (Å²) in [6, 6.07) is 2.33. The molecule has 1 heterocycles. The van der Waals surface area contributed by atoms with E-state index < -0.39 is 31.5 Å². The van der Waals surface area contributed by atoms with Crippen molar-refractivity contribution in [3.63, 3.8) is 0 Å². The summed E-state index contributed by atoms with van der Waals surface area (Å²) in [7, 11) is -3.13. The topological polar surface area (TPSA) is 134 Å². The molecule has 0 spiro atoms. The molecule has 12 heteroatoms. The Kier molecular flexibility index (Phi) is 7.37. The van der Waals surface area contributed by atoms with Gasteiger partial charge in [-0.25, -0.2) is 8.42 Å². The van der Waals surface area contributed by atoms with Crippen molar-refractivity contribution in [1.82, 2.24) is 4.47 Å². The lowest BCUT2D eigenvalue weighted by Gasteiger charge is -2.26. The van der Waals surface area contributed by atoms with Crippen LogP contribution >= 0.6 is 11.6 Å². The zero-order valence-corrected chi connectivity index (χ0v) is 20.2. The summed E-state index contributed by atoms with van der Waals surface area (Å²) in [5.74, 6) is 0.0867. The standard InChI is InChI=1S/C21H26ClN3O7S/c1-5-13(15-10-7-11(3)32-15)23-16-17(20(28)19(16)27)24-14-9-8-12(22)21(18(14)26)33(29,30)25(6-2)31-4/h7-9,13,15,23-24,26H,5-6,10H2,1-4H3/t13-,15?/m1/s1. The summed E-state index contributed by atoms with van der Waals surface area (Å²) in [5, 5.41) is 16.2. The number of allylic oxidation sites excluding steroid dienone is 1. The molecule has 0 saturated carbocycles. The van der Waals surface area contributed by atoms with Gasteiger partial charge in [0.05, 0.1) is 29.6 Å². The lowest BCUT2D eigenvalue weighted by molar-refractivity contribution is -0.0443. The number of anilines is 3. The Labute approximate surface area is 196 Å². The number of halogens is 1. The van der Waals surface area contributed by atoms with Crippen LogP contribution in [-0.4, -0.2) is 43.8 Å². The molecule has 1 aliphatic rings. The monoisotopic (exact) mass is 499 g/mol. The van der Waals surface area contributed by atoms with Crippen molar-refractivity contribution in [2.24, 2.45) is 0 Å². The Hall–Kier alpha value is -2.60. The molecule has 180 valence electrons. The van der Waals surface area contributed by atoms with E-state index in [1.807, 2.05) is 19.9 Å². The van der Waals surface area contributed by atoms with Gasteiger partial charge in [-0.3, -0.25) is 14.4 Å². The first kappa shape index (κ1) is 25.0. The number of nitrogens with zero attached hydrogens (tertiary/aromatic N) is 1. The highest BCUT2D eigenvalue weighted by Crippen LogP contribution is 2.40. The van der Waals surface area contributed by atoms with E-state index in [0.717, 1.165) is 5.76 Å². The van der Waals surface area contributed by atoms with E-state index in [9.17, 15) is 23.1 Å². The zero-order valence-electron chi connectivity index (χ0n) is 18.6. The largest absolute Gasteiger partial charge is 0.504 e. The van der Waals surface area contributed by atoms with Gasteiger partial charge >= 0.3 is 0 Å². The Morgan fingerprint density at radius 1 is 1.27 bits per heavy atom. The van der Waals surface area contributed by atoms with Crippen molar-refractivity contribution < 1.29 is 23.1 Å². The number of hydrogen-bond donors (Lipinski definition) is 3. The fourth-order valence-electron chi connectivity index (χ4n) is 3.68. The first-order chi connectivity index (χ1) is 15.6. The van der Waals surface area contributed by atoms with Gasteiger partial charge in [0, 0.05) is 13.0 Å². The molecule has 1 aliphatic heterocycles. The molecule has 2 atom stereocenters. The fraction of sp³-hybridized carbons (Fsp3) is 0.429. The first-order valence-electron chi connectivity index (χ1n) is 10.3. The highest BCUT2D eigenvalue weighted by molar-refractivity contribution is 7.89. The van der Waals surface area contributed by atoms with E-state index in [2.05, 4.69) is 10.6 Å². The second kappa shape index (κ2) is 9.72. The molecule has 0 aromatic heterocycles. The summed E-state index contributed by atoms with van der Waals surface area (Å²) in [4.78, 5) is 28.8. The molecule has 10 nitrogen and oxygen atoms in total. The molecular formula is C21H26ClN3O7S. The van der Waals surface area contributed by atoms with Crippen molar-refractivity contribution in [2.75, 3.05) is 24.3 Å². The highest BCUT2D eigenvalue weighted by atomic mass is 35.5. The van der Waals surface area contributed by atoms with Crippen molar-refractivity contribution in [2.45, 2.75) is 50.7 Å². The predicted octanol–water partition coefficient (Wildman–Crippen LogP) is 2.84. The maximum Gasteiger partial charge on any atom is 0.270 e. The average Bonchev–Trinajstić information content (AvgIpc) is 3.20. The fourth-order valence-corrected chi connectivity index (χ4v) is 5.54. The third kappa shape index (κ3) is 4.58. The molecular weight excluding hydrogens is 474 g/mol. The molecule has 2 aromatic carbocycles. The van der Waals surface area contributed by atoms with Crippen LogP contribution in [0.5, 0.6) is 5.75 Å². The maximum absolute atomic E-state index is 12.9. The molecule has 0 aliphatic carbocycles. The Morgan fingerprint density at radius 3 is 2.48 bits per heavy atom. The normalized spacial score (nSPS) is 17.2. The molecule has 3 N–H and O–H groups in total. The SMILES string of the molecule is CC[C@@H](Nc1c(Nc2ccc(Cl)c(S(=O)(=O)N(CC)OC)c2O)c(=O)c1=O)C1CC=C(C)O1. The first-order valence-corrected chi connectivity index (χ1v) is 12.2. The van der Waals surface area contributed by atoms with Crippen LogP contribution in [0.15, 0.2) is 38.5 Å². The highest BCUT2D eigenvalue weighted by Gasteiger charge is 2.33. The number of nitrogens with one attached hydrogen (secondary N) is 2. The van der Waals surface area contributed by atoms with E-state index in [-0.39, 0.29) is 40.8 Å². The van der Waals surface area contributed by atoms with Gasteiger partial charge in [-0.05, 0) is 38.5 Å². The third-order valence-electron chi connectivity index (χ3n) is 5.43. The molecule has 1 unspecified atom stereocenters. The second-order valence-corrected chi connectivity index (χ2v) is 9.65. The van der Waals surface area contributed by atoms with Gasteiger partial charge in [0.1, 0.15) is 22.4 Å². The third-order valence-corrected chi connectivity index (χ3v) is 7.73. The molecule has 0 amide bonds. The summed E-state index contributed by atoms with van der Waals surface area (Å²) >= 11 is 6.07. The molecule has 33 heavy (non-hydrogen) atoms. The van der Waals surface area contributed by atoms with E-state index >= 15 is 0 Å². The number of phenolic OH excluding ortho intramolecular Hbond substituents is 1. The van der Waals surface area contributed by atoms with Crippen molar-refractivity contribution in [3.05, 3.63) is 49.4 Å². The molecule has 0 bridgehead atoms. The van der Waals surface area contributed by atoms with E-state index in [0.29, 0.717) is 17.3 Å². The Balaban J connectivity index is 1.94. The minimum Gasteiger partial charge on any atom is -0.504 e. The minimum atomic E-state index is -4.30. The number of benzene rings is 1. The van der Waals surface area contributed by atoms with Gasteiger partial charge in [0.2, 0.25) is 0 Å². The van der Waals surface area contributed by atoms with Crippen LogP contribution in [0.2, 0.25) is 5.02 Å². The molecule has 3 rings (SSSR count). The van der Waals surface area contributed by atoms with E-state index in [4.69, 9.17) is 21.2 Å². The summed E-state index contributed by atoms with van der Waals surface area (Å²) in [5.41, 5.74) is -1.65. The van der Waals surface area contributed by atoms with Gasteiger partial charge in [-0.15, -0.1) is 0 Å². The summed E-state index contributed by atoms with van der Waals surface area (Å²) < 4.78 is 32.1. The Morgan fingerprint density at radius 2 is 1.94 bits per heavy atom. The Bertz CT molecular complexity index is 1250. The van der Waals surface area contributed by atoms with Gasteiger partial charge in [-0.2, -0.15) is 0 Å². The van der Waals surface area contributed by atoms with Crippen LogP contribution in [-0.2, 0) is 19.6 Å². The van der Waals surface area contributed by atoms with Gasteiger partial charge in [0.25, 0.3) is 20.9 Å². The van der Waals surface area contributed by atoms with Crippen LogP contribution in [0.25, 0.3) is 0 Å². The number of rotatable bonds is 10. The van der Waals surface area contributed by atoms with Gasteiger partial charge in [0.15, 0.2) is 5.75 Å². The second-order valence-electron chi connectivity index (χ2n) is 7.48. The van der Waals surface area contributed by atoms with Crippen LogP contribution in [0.1, 0.15) is 33.6 Å². The van der Waals surface area contributed by atoms with Crippen LogP contribution in [0.3, 0.4) is 0 Å². The lowest BCUT2D eigenvalue weighted by atomic mass is 10.0. The quantitative estimate of drug-likeness (QED) is 0.256. The van der Waals surface area contributed by atoms with Crippen LogP contribution < -0.4 is 21.5 Å². The zero-order chi connectivity index (χ0) is 24.5. The number of hydroxylamine groups is 1. The lowest BCUT2D eigenvalue weighted by Crippen LogP contribution is -2.42. The van der Waals surface area contributed by atoms with Crippen molar-refractivity contribution in [3.8, 4) is 5.75 Å². The van der Waals surface area contributed by atoms with Crippen LogP contribution in [0.4, 0.5) is 17.1 Å². The minimum absolute atomic E-state index is 0.0333. The van der Waals surface area contributed by atoms with Crippen molar-refractivity contribution >= 4 is 38.7 Å². The summed E-state index contributed by atoms with van der Waals surface area (Å²) in [6.07, 6.45) is 3.05. The van der Waals surface area contributed by atoms with E-state index in [1.54, 1.807) is 6.92 Å². The predicted molar refractivity (Wildman–Crippen MR) is 125 cm³/mol. The van der Waals surface area contributed by atoms with Gasteiger partial charge < -0.3 is 20.5 Å². The van der Waals surface area contributed by atoms with Crippen molar-refractivity contribution in [1.29, 1.82) is 0 Å². The average molecular weight is 500 g/mol. The summed E-state index contributed by atoms with van der Waals surface area (Å²) in [6.45, 7) is 5.28. The van der Waals surface area contributed by atoms with Gasteiger partial charge in [-0.1, -0.05) is 23.0 Å². The number of sulfonamides is 1. The number of ether oxygens (including phenoxy) is 1. The van der Waals surface area contributed by atoms with Crippen LogP contribution in [0, 0.1) is 0 Å². The van der Waals surface area contributed by atoms with E-state index in [1.165, 1.54) is 19.2 Å². The number of phenols is 1. The maximum atomic E-state index is 12.9. The number of hydrogen-bond acceptors (Lipinski definition) is 9.